The predicted octanol–water partition coefficient (Wildman–Crippen LogP) is 4.69. The highest BCUT2D eigenvalue weighted by atomic mass is 16.1. The molecule has 1 heterocycles. The van der Waals surface area contributed by atoms with E-state index in [1.54, 1.807) is 0 Å². The van der Waals surface area contributed by atoms with Crippen LogP contribution in [0.5, 0.6) is 0 Å². The molecule has 1 aromatic heterocycles. The molecule has 0 aliphatic carbocycles. The van der Waals surface area contributed by atoms with Crippen molar-refractivity contribution in [3.05, 3.63) is 104 Å². The number of carbonyl (C=O) groups excluding carboxylic acids is 1. The maximum atomic E-state index is 12.9. The Morgan fingerprint density at radius 3 is 2.14 bits per heavy atom. The van der Waals surface area contributed by atoms with Crippen LogP contribution in [0, 0.1) is 27.7 Å². The molecule has 0 spiro atoms. The number of aryl methyl sites for hydroxylation is 4. The standard InChI is InChI=1S/C25H28N2O2/c1-15-11-18(4)27-24(28)22(15)14-26-25(29)23-16(2)12-21(13-17(23)3)19(5)20-9-7-6-8-10-20/h6-13,19H,14H2,1-5H3,(H,26,29)(H,27,28)/t19-/m1/s1. The van der Waals surface area contributed by atoms with Crippen LogP contribution in [0.25, 0.3) is 0 Å². The molecule has 3 aromatic rings. The highest BCUT2D eigenvalue weighted by molar-refractivity contribution is 5.97. The molecule has 1 atom stereocenters. The summed E-state index contributed by atoms with van der Waals surface area (Å²) in [6.45, 7) is 10.1. The van der Waals surface area contributed by atoms with Gasteiger partial charge in [0.05, 0.1) is 0 Å². The van der Waals surface area contributed by atoms with Crippen molar-refractivity contribution in [3.8, 4) is 0 Å². The van der Waals surface area contributed by atoms with Crippen LogP contribution >= 0.6 is 0 Å². The van der Waals surface area contributed by atoms with Crippen molar-refractivity contribution in [2.75, 3.05) is 0 Å². The molecular weight excluding hydrogens is 360 g/mol. The first kappa shape index (κ1) is 20.6. The number of H-pyrrole nitrogens is 1. The smallest absolute Gasteiger partial charge is 0.253 e. The van der Waals surface area contributed by atoms with Gasteiger partial charge in [-0.05, 0) is 61.6 Å². The summed E-state index contributed by atoms with van der Waals surface area (Å²) < 4.78 is 0. The monoisotopic (exact) mass is 388 g/mol. The molecule has 0 radical (unpaired) electrons. The quantitative estimate of drug-likeness (QED) is 0.666. The number of pyridine rings is 1. The summed E-state index contributed by atoms with van der Waals surface area (Å²) in [5, 5.41) is 2.92. The van der Waals surface area contributed by atoms with Crippen LogP contribution in [-0.2, 0) is 6.54 Å². The molecule has 4 nitrogen and oxygen atoms in total. The van der Waals surface area contributed by atoms with E-state index in [0.717, 1.165) is 22.4 Å². The Balaban J connectivity index is 1.82. The van der Waals surface area contributed by atoms with Crippen LogP contribution in [0.3, 0.4) is 0 Å². The summed E-state index contributed by atoms with van der Waals surface area (Å²) in [5.74, 6) is 0.0952. The zero-order chi connectivity index (χ0) is 21.1. The molecule has 29 heavy (non-hydrogen) atoms. The van der Waals surface area contributed by atoms with E-state index in [2.05, 4.69) is 41.5 Å². The van der Waals surface area contributed by atoms with E-state index in [9.17, 15) is 9.59 Å². The Hall–Kier alpha value is -3.14. The molecule has 1 amide bonds. The van der Waals surface area contributed by atoms with Crippen molar-refractivity contribution in [1.29, 1.82) is 0 Å². The number of nitrogens with one attached hydrogen (secondary N) is 2. The van der Waals surface area contributed by atoms with Crippen molar-refractivity contribution in [2.24, 2.45) is 0 Å². The number of carbonyl (C=O) groups is 1. The first-order chi connectivity index (χ1) is 13.8. The molecule has 0 bridgehead atoms. The summed E-state index contributed by atoms with van der Waals surface area (Å²) in [4.78, 5) is 27.9. The Morgan fingerprint density at radius 2 is 1.55 bits per heavy atom. The van der Waals surface area contributed by atoms with Crippen molar-refractivity contribution >= 4 is 5.91 Å². The molecule has 4 heteroatoms. The molecule has 2 N–H and O–H groups in total. The van der Waals surface area contributed by atoms with E-state index in [-0.39, 0.29) is 23.9 Å². The van der Waals surface area contributed by atoms with E-state index in [4.69, 9.17) is 0 Å². The topological polar surface area (TPSA) is 62.0 Å². The first-order valence-corrected chi connectivity index (χ1v) is 9.91. The molecule has 2 aromatic carbocycles. The molecule has 0 aliphatic rings. The van der Waals surface area contributed by atoms with Gasteiger partial charge in [-0.25, -0.2) is 0 Å². The fraction of sp³-hybridized carbons (Fsp3) is 0.280. The van der Waals surface area contributed by atoms with Gasteiger partial charge in [0.1, 0.15) is 0 Å². The summed E-state index contributed by atoms with van der Waals surface area (Å²) in [7, 11) is 0. The van der Waals surface area contributed by atoms with E-state index in [1.165, 1.54) is 11.1 Å². The SMILES string of the molecule is Cc1cc(C)c(CNC(=O)c2c(C)cc([C@H](C)c3ccccc3)cc2C)c(=O)[nH]1. The van der Waals surface area contributed by atoms with Crippen LogP contribution in [-0.4, -0.2) is 10.9 Å². The Kier molecular flexibility index (Phi) is 6.02. The molecular formula is C25H28N2O2. The summed E-state index contributed by atoms with van der Waals surface area (Å²) in [5.41, 5.74) is 7.13. The summed E-state index contributed by atoms with van der Waals surface area (Å²) in [6.07, 6.45) is 0. The highest BCUT2D eigenvalue weighted by Gasteiger charge is 2.17. The Morgan fingerprint density at radius 1 is 0.931 bits per heavy atom. The van der Waals surface area contributed by atoms with Crippen molar-refractivity contribution in [3.63, 3.8) is 0 Å². The summed E-state index contributed by atoms with van der Waals surface area (Å²) >= 11 is 0. The van der Waals surface area contributed by atoms with Crippen LogP contribution in [0.15, 0.2) is 53.3 Å². The van der Waals surface area contributed by atoms with Gasteiger partial charge in [-0.1, -0.05) is 49.4 Å². The van der Waals surface area contributed by atoms with Gasteiger partial charge >= 0.3 is 0 Å². The fourth-order valence-electron chi connectivity index (χ4n) is 3.90. The normalized spacial score (nSPS) is 11.9. The highest BCUT2D eigenvalue weighted by Crippen LogP contribution is 2.27. The number of hydrogen-bond donors (Lipinski definition) is 2. The average molecular weight is 389 g/mol. The van der Waals surface area contributed by atoms with Crippen LogP contribution in [0.1, 0.15) is 62.3 Å². The number of hydrogen-bond acceptors (Lipinski definition) is 2. The van der Waals surface area contributed by atoms with Gasteiger partial charge < -0.3 is 10.3 Å². The van der Waals surface area contributed by atoms with Gasteiger partial charge in [-0.2, -0.15) is 0 Å². The van der Waals surface area contributed by atoms with E-state index >= 15 is 0 Å². The van der Waals surface area contributed by atoms with Crippen LogP contribution < -0.4 is 10.9 Å². The zero-order valence-electron chi connectivity index (χ0n) is 17.7. The number of rotatable bonds is 5. The number of aromatic amines is 1. The maximum absolute atomic E-state index is 12.9. The summed E-state index contributed by atoms with van der Waals surface area (Å²) in [6, 6.07) is 16.4. The van der Waals surface area contributed by atoms with Crippen molar-refractivity contribution < 1.29 is 4.79 Å². The van der Waals surface area contributed by atoms with Crippen molar-refractivity contribution in [1.82, 2.24) is 10.3 Å². The molecule has 3 rings (SSSR count). The van der Waals surface area contributed by atoms with E-state index in [0.29, 0.717) is 11.1 Å². The lowest BCUT2D eigenvalue weighted by atomic mass is 9.88. The lowest BCUT2D eigenvalue weighted by Crippen LogP contribution is -2.29. The third-order valence-electron chi connectivity index (χ3n) is 5.50. The van der Waals surface area contributed by atoms with E-state index in [1.807, 2.05) is 52.0 Å². The minimum Gasteiger partial charge on any atom is -0.348 e. The average Bonchev–Trinajstić information content (AvgIpc) is 2.66. The largest absolute Gasteiger partial charge is 0.348 e. The number of benzene rings is 2. The van der Waals surface area contributed by atoms with E-state index < -0.39 is 0 Å². The molecule has 0 unspecified atom stereocenters. The minimum atomic E-state index is -0.154. The molecule has 0 aliphatic heterocycles. The van der Waals surface area contributed by atoms with Crippen LogP contribution in [0.4, 0.5) is 0 Å². The second-order valence-electron chi connectivity index (χ2n) is 7.79. The van der Waals surface area contributed by atoms with Crippen LogP contribution in [0.2, 0.25) is 0 Å². The predicted molar refractivity (Wildman–Crippen MR) is 118 cm³/mol. The fourth-order valence-corrected chi connectivity index (χ4v) is 3.90. The van der Waals surface area contributed by atoms with Gasteiger partial charge in [-0.3, -0.25) is 9.59 Å². The van der Waals surface area contributed by atoms with Gasteiger partial charge in [0.15, 0.2) is 0 Å². The molecule has 150 valence electrons. The lowest BCUT2D eigenvalue weighted by Gasteiger charge is -2.17. The Labute approximate surface area is 172 Å². The molecule has 0 fully saturated rings. The zero-order valence-corrected chi connectivity index (χ0v) is 17.7. The van der Waals surface area contributed by atoms with Gasteiger partial charge in [0, 0.05) is 29.3 Å². The first-order valence-electron chi connectivity index (χ1n) is 9.91. The molecule has 0 saturated heterocycles. The molecule has 0 saturated carbocycles. The lowest BCUT2D eigenvalue weighted by molar-refractivity contribution is 0.0949. The second-order valence-corrected chi connectivity index (χ2v) is 7.79. The number of amides is 1. The minimum absolute atomic E-state index is 0.150. The Bertz CT molecular complexity index is 1070. The second kappa shape index (κ2) is 8.48. The maximum Gasteiger partial charge on any atom is 0.253 e. The van der Waals surface area contributed by atoms with Gasteiger partial charge in [0.2, 0.25) is 0 Å². The van der Waals surface area contributed by atoms with Crippen molar-refractivity contribution in [2.45, 2.75) is 47.1 Å². The number of aromatic nitrogens is 1. The van der Waals surface area contributed by atoms with Gasteiger partial charge in [0.25, 0.3) is 11.5 Å². The van der Waals surface area contributed by atoms with Gasteiger partial charge in [-0.15, -0.1) is 0 Å². The third-order valence-corrected chi connectivity index (χ3v) is 5.50. The third kappa shape index (κ3) is 4.48.